The maximum atomic E-state index is 9.75. The summed E-state index contributed by atoms with van der Waals surface area (Å²) < 4.78 is 39.0. The van der Waals surface area contributed by atoms with Gasteiger partial charge in [0.25, 0.3) is 0 Å². The van der Waals surface area contributed by atoms with Crippen molar-refractivity contribution >= 4 is 28.8 Å². The molecule has 0 unspecified atom stereocenters. The summed E-state index contributed by atoms with van der Waals surface area (Å²) in [6.45, 7) is 0. The van der Waals surface area contributed by atoms with E-state index in [1.807, 2.05) is 0 Å². The maximum Gasteiger partial charge on any atom is 0.673 e. The van der Waals surface area contributed by atoms with Gasteiger partial charge in [0, 0.05) is 0 Å². The molecule has 5 heteroatoms. The van der Waals surface area contributed by atoms with E-state index in [1.54, 1.807) is 0 Å². The summed E-state index contributed by atoms with van der Waals surface area (Å²) in [5.41, 5.74) is 0. The number of halogens is 4. The molecule has 0 aliphatic heterocycles. The first-order valence-electron chi connectivity index (χ1n) is 5.68. The minimum atomic E-state index is -6.00. The summed E-state index contributed by atoms with van der Waals surface area (Å²) in [6, 6.07) is 21.4. The molecule has 0 heterocycles. The van der Waals surface area contributed by atoms with Crippen LogP contribution in [0.2, 0.25) is 0 Å². The molecule has 19 heavy (non-hydrogen) atoms. The Kier molecular flexibility index (Phi) is 3.74. The fourth-order valence-corrected chi connectivity index (χ4v) is 1.88. The number of benzene rings is 3. The highest BCUT2D eigenvalue weighted by molar-refractivity contribution is 6.50. The van der Waals surface area contributed by atoms with Crippen LogP contribution in [0.25, 0.3) is 21.5 Å². The van der Waals surface area contributed by atoms with E-state index < -0.39 is 7.25 Å². The van der Waals surface area contributed by atoms with Crippen LogP contribution in [0.5, 0.6) is 0 Å². The van der Waals surface area contributed by atoms with Crippen molar-refractivity contribution in [3.63, 3.8) is 0 Å². The molecule has 0 aliphatic rings. The van der Waals surface area contributed by atoms with Crippen molar-refractivity contribution in [3.8, 4) is 0 Å². The third-order valence-corrected chi connectivity index (χ3v) is 2.61. The minimum absolute atomic E-state index is 1.31. The minimum Gasteiger partial charge on any atom is -0.418 e. The second-order valence-corrected chi connectivity index (χ2v) is 4.04. The van der Waals surface area contributed by atoms with Crippen molar-refractivity contribution < 1.29 is 17.3 Å². The van der Waals surface area contributed by atoms with Gasteiger partial charge in [-0.05, 0) is 33.7 Å². The van der Waals surface area contributed by atoms with E-state index >= 15 is 0 Å². The first kappa shape index (κ1) is 13.4. The number of fused-ring (bicyclic) bond motifs is 2. The second-order valence-electron chi connectivity index (χ2n) is 4.04. The van der Waals surface area contributed by atoms with Gasteiger partial charge in [-0.2, -0.15) is 0 Å². The third kappa shape index (κ3) is 3.98. The Bertz CT molecular complexity index is 580. The standard InChI is InChI=1S/C14H10.BF4/c1-2-6-12-10-14-8-4-3-7-13(14)9-11(12)5-1;2-1(3,4)5/h1-10H;/q;-1. The van der Waals surface area contributed by atoms with Crippen molar-refractivity contribution in [2.75, 3.05) is 0 Å². The molecule has 0 bridgehead atoms. The molecular weight excluding hydrogens is 255 g/mol. The van der Waals surface area contributed by atoms with Crippen LogP contribution in [0.15, 0.2) is 60.7 Å². The summed E-state index contributed by atoms with van der Waals surface area (Å²) in [4.78, 5) is 0. The number of rotatable bonds is 0. The predicted octanol–water partition coefficient (Wildman–Crippen LogP) is 5.29. The van der Waals surface area contributed by atoms with Gasteiger partial charge in [-0.15, -0.1) is 0 Å². The zero-order chi connectivity index (χ0) is 13.9. The Balaban J connectivity index is 0.000000232. The molecule has 3 aromatic carbocycles. The summed E-state index contributed by atoms with van der Waals surface area (Å²) in [7, 11) is -6.00. The zero-order valence-electron chi connectivity index (χ0n) is 9.86. The van der Waals surface area contributed by atoms with Crippen LogP contribution < -0.4 is 0 Å². The third-order valence-electron chi connectivity index (χ3n) is 2.61. The molecule has 3 aromatic rings. The molecule has 98 valence electrons. The van der Waals surface area contributed by atoms with Crippen LogP contribution in [-0.4, -0.2) is 7.25 Å². The first-order valence-corrected chi connectivity index (χ1v) is 5.68. The summed E-state index contributed by atoms with van der Waals surface area (Å²) in [5.74, 6) is 0. The second kappa shape index (κ2) is 5.30. The van der Waals surface area contributed by atoms with Crippen molar-refractivity contribution in [2.45, 2.75) is 0 Å². The van der Waals surface area contributed by atoms with Gasteiger partial charge in [0.2, 0.25) is 0 Å². The van der Waals surface area contributed by atoms with E-state index in [9.17, 15) is 17.3 Å². The molecule has 0 aliphatic carbocycles. The highest BCUT2D eigenvalue weighted by Crippen LogP contribution is 2.21. The Morgan fingerprint density at radius 3 is 0.947 bits per heavy atom. The van der Waals surface area contributed by atoms with E-state index in [4.69, 9.17) is 0 Å². The Hall–Kier alpha value is -2.04. The Labute approximate surface area is 107 Å². The smallest absolute Gasteiger partial charge is 0.418 e. The molecule has 3 rings (SSSR count). The SMILES string of the molecule is F[B-](F)(F)F.c1ccc2cc3ccccc3cc2c1. The van der Waals surface area contributed by atoms with Crippen LogP contribution >= 0.6 is 0 Å². The van der Waals surface area contributed by atoms with Gasteiger partial charge in [0.15, 0.2) is 0 Å². The molecule has 0 saturated carbocycles. The quantitative estimate of drug-likeness (QED) is 0.294. The highest BCUT2D eigenvalue weighted by atomic mass is 19.5. The van der Waals surface area contributed by atoms with Crippen LogP contribution in [0, 0.1) is 0 Å². The van der Waals surface area contributed by atoms with Gasteiger partial charge in [0.05, 0.1) is 0 Å². The average molecular weight is 265 g/mol. The van der Waals surface area contributed by atoms with Crippen molar-refractivity contribution in [3.05, 3.63) is 60.7 Å². The lowest BCUT2D eigenvalue weighted by atomic mass is 10.0. The normalized spacial score (nSPS) is 11.2. The summed E-state index contributed by atoms with van der Waals surface area (Å²) in [5, 5.41) is 5.25. The molecule has 0 radical (unpaired) electrons. The zero-order valence-corrected chi connectivity index (χ0v) is 9.86. The summed E-state index contributed by atoms with van der Waals surface area (Å²) >= 11 is 0. The molecule has 0 spiro atoms. The first-order chi connectivity index (χ1) is 8.93. The van der Waals surface area contributed by atoms with E-state index in [0.29, 0.717) is 0 Å². The average Bonchev–Trinajstić information content (AvgIpc) is 2.34. The molecule has 0 saturated heterocycles. The molecular formula is C14H10BF4-. The lowest BCUT2D eigenvalue weighted by molar-refractivity contribution is 0.368. The van der Waals surface area contributed by atoms with Crippen molar-refractivity contribution in [1.82, 2.24) is 0 Å². The van der Waals surface area contributed by atoms with Crippen molar-refractivity contribution in [1.29, 1.82) is 0 Å². The Morgan fingerprint density at radius 2 is 0.737 bits per heavy atom. The van der Waals surface area contributed by atoms with Gasteiger partial charge in [-0.25, -0.2) is 0 Å². The Morgan fingerprint density at radius 1 is 0.526 bits per heavy atom. The highest BCUT2D eigenvalue weighted by Gasteiger charge is 2.20. The topological polar surface area (TPSA) is 0 Å². The van der Waals surface area contributed by atoms with E-state index in [2.05, 4.69) is 60.7 Å². The molecule has 0 N–H and O–H groups in total. The van der Waals surface area contributed by atoms with Crippen LogP contribution in [0.4, 0.5) is 17.3 Å². The summed E-state index contributed by atoms with van der Waals surface area (Å²) in [6.07, 6.45) is 0. The van der Waals surface area contributed by atoms with E-state index in [1.165, 1.54) is 21.5 Å². The van der Waals surface area contributed by atoms with Crippen LogP contribution in [0.3, 0.4) is 0 Å². The lowest BCUT2D eigenvalue weighted by Gasteiger charge is -2.00. The monoisotopic (exact) mass is 265 g/mol. The van der Waals surface area contributed by atoms with E-state index in [0.717, 1.165) is 0 Å². The lowest BCUT2D eigenvalue weighted by Crippen LogP contribution is -2.02. The molecule has 0 fully saturated rings. The fourth-order valence-electron chi connectivity index (χ4n) is 1.88. The largest absolute Gasteiger partial charge is 0.673 e. The number of hydrogen-bond acceptors (Lipinski definition) is 0. The van der Waals surface area contributed by atoms with E-state index in [-0.39, 0.29) is 0 Å². The van der Waals surface area contributed by atoms with Gasteiger partial charge >= 0.3 is 7.25 Å². The molecule has 0 aromatic heterocycles. The van der Waals surface area contributed by atoms with Crippen LogP contribution in [0.1, 0.15) is 0 Å². The maximum absolute atomic E-state index is 9.75. The predicted molar refractivity (Wildman–Crippen MR) is 71.6 cm³/mol. The van der Waals surface area contributed by atoms with Gasteiger partial charge in [-0.1, -0.05) is 48.5 Å². The molecule has 0 nitrogen and oxygen atoms in total. The van der Waals surface area contributed by atoms with Gasteiger partial charge < -0.3 is 17.3 Å². The molecule has 0 atom stereocenters. The fraction of sp³-hybridized carbons (Fsp3) is 0. The van der Waals surface area contributed by atoms with Crippen molar-refractivity contribution in [2.24, 2.45) is 0 Å². The van der Waals surface area contributed by atoms with Gasteiger partial charge in [0.1, 0.15) is 0 Å². The van der Waals surface area contributed by atoms with Crippen LogP contribution in [-0.2, 0) is 0 Å². The van der Waals surface area contributed by atoms with Gasteiger partial charge in [-0.3, -0.25) is 0 Å². The number of hydrogen-bond donors (Lipinski definition) is 0. The molecule has 0 amide bonds.